The second kappa shape index (κ2) is 7.64. The van der Waals surface area contributed by atoms with Gasteiger partial charge in [-0.15, -0.1) is 0 Å². The van der Waals surface area contributed by atoms with Gasteiger partial charge in [-0.25, -0.2) is 12.7 Å². The standard InChI is InChI=1S/C16H23ClN2O3S/c1-12-10-13(2)16(14(17)11-12)18-15(20)6-9-23(21,22)19-7-4-3-5-8-19/h10-11H,3-9H2,1-2H3,(H,18,20). The molecule has 1 amide bonds. The van der Waals surface area contributed by atoms with Gasteiger partial charge in [-0.3, -0.25) is 4.79 Å². The number of sulfonamides is 1. The predicted octanol–water partition coefficient (Wildman–Crippen LogP) is 3.10. The first-order chi connectivity index (χ1) is 10.8. The van der Waals surface area contributed by atoms with Crippen molar-refractivity contribution in [3.8, 4) is 0 Å². The third-order valence-electron chi connectivity index (χ3n) is 3.99. The van der Waals surface area contributed by atoms with E-state index in [0.717, 1.165) is 30.4 Å². The largest absolute Gasteiger partial charge is 0.325 e. The fraction of sp³-hybridized carbons (Fsp3) is 0.562. The van der Waals surface area contributed by atoms with E-state index in [9.17, 15) is 13.2 Å². The number of hydrogen-bond donors (Lipinski definition) is 1. The first-order valence-corrected chi connectivity index (χ1v) is 9.83. The van der Waals surface area contributed by atoms with Crippen molar-refractivity contribution in [1.29, 1.82) is 0 Å². The zero-order chi connectivity index (χ0) is 17.0. The molecule has 23 heavy (non-hydrogen) atoms. The quantitative estimate of drug-likeness (QED) is 0.879. The minimum Gasteiger partial charge on any atom is -0.325 e. The summed E-state index contributed by atoms with van der Waals surface area (Å²) >= 11 is 6.15. The third kappa shape index (κ3) is 4.93. The lowest BCUT2D eigenvalue weighted by atomic mass is 10.1. The number of aryl methyl sites for hydroxylation is 2. The molecule has 0 aliphatic carbocycles. The van der Waals surface area contributed by atoms with Crippen molar-refractivity contribution in [2.45, 2.75) is 39.5 Å². The van der Waals surface area contributed by atoms with Crippen LogP contribution in [0, 0.1) is 13.8 Å². The van der Waals surface area contributed by atoms with Crippen LogP contribution in [0.25, 0.3) is 0 Å². The summed E-state index contributed by atoms with van der Waals surface area (Å²) in [6.07, 6.45) is 2.79. The highest BCUT2D eigenvalue weighted by Gasteiger charge is 2.24. The molecule has 0 spiro atoms. The van der Waals surface area contributed by atoms with Crippen LogP contribution in [0.5, 0.6) is 0 Å². The second-order valence-corrected chi connectivity index (χ2v) is 8.51. The average molecular weight is 359 g/mol. The molecule has 1 fully saturated rings. The molecule has 0 bridgehead atoms. The van der Waals surface area contributed by atoms with Gasteiger partial charge in [0.2, 0.25) is 15.9 Å². The van der Waals surface area contributed by atoms with E-state index in [1.54, 1.807) is 6.07 Å². The zero-order valence-electron chi connectivity index (χ0n) is 13.6. The molecular formula is C16H23ClN2O3S. The number of benzene rings is 1. The van der Waals surface area contributed by atoms with E-state index >= 15 is 0 Å². The number of carbonyl (C=O) groups is 1. The Morgan fingerprint density at radius 1 is 1.22 bits per heavy atom. The number of anilines is 1. The lowest BCUT2D eigenvalue weighted by Crippen LogP contribution is -2.37. The van der Waals surface area contributed by atoms with Crippen LogP contribution in [0.1, 0.15) is 36.8 Å². The van der Waals surface area contributed by atoms with E-state index in [1.807, 2.05) is 19.9 Å². The Balaban J connectivity index is 1.95. The number of amides is 1. The van der Waals surface area contributed by atoms with Crippen LogP contribution >= 0.6 is 11.6 Å². The van der Waals surface area contributed by atoms with Crippen molar-refractivity contribution in [3.05, 3.63) is 28.3 Å². The predicted molar refractivity (Wildman–Crippen MR) is 93.4 cm³/mol. The fourth-order valence-corrected chi connectivity index (χ4v) is 4.65. The number of halogens is 1. The topological polar surface area (TPSA) is 66.5 Å². The fourth-order valence-electron chi connectivity index (χ4n) is 2.77. The molecular weight excluding hydrogens is 336 g/mol. The van der Waals surface area contributed by atoms with Gasteiger partial charge in [-0.1, -0.05) is 24.1 Å². The Bertz CT molecular complexity index is 660. The minimum absolute atomic E-state index is 0.0670. The average Bonchev–Trinajstić information content (AvgIpc) is 2.50. The molecule has 1 N–H and O–H groups in total. The van der Waals surface area contributed by atoms with Crippen LogP contribution < -0.4 is 5.32 Å². The monoisotopic (exact) mass is 358 g/mol. The number of piperidine rings is 1. The summed E-state index contributed by atoms with van der Waals surface area (Å²) < 4.78 is 26.0. The van der Waals surface area contributed by atoms with Gasteiger partial charge in [0.05, 0.1) is 16.5 Å². The highest BCUT2D eigenvalue weighted by molar-refractivity contribution is 7.89. The molecule has 5 nitrogen and oxygen atoms in total. The SMILES string of the molecule is Cc1cc(C)c(NC(=O)CCS(=O)(=O)N2CCCCC2)c(Cl)c1. The van der Waals surface area contributed by atoms with Crippen molar-refractivity contribution in [3.63, 3.8) is 0 Å². The summed E-state index contributed by atoms with van der Waals surface area (Å²) in [4.78, 5) is 12.1. The van der Waals surface area contributed by atoms with Gasteiger partial charge in [0.1, 0.15) is 0 Å². The summed E-state index contributed by atoms with van der Waals surface area (Å²) in [7, 11) is -3.36. The lowest BCUT2D eigenvalue weighted by Gasteiger charge is -2.25. The van der Waals surface area contributed by atoms with Crippen molar-refractivity contribution in [2.24, 2.45) is 0 Å². The second-order valence-electron chi connectivity index (χ2n) is 6.01. The molecule has 0 saturated carbocycles. The summed E-state index contributed by atoms with van der Waals surface area (Å²) in [5, 5.41) is 3.19. The van der Waals surface area contributed by atoms with Crippen LogP contribution in [0.2, 0.25) is 5.02 Å². The van der Waals surface area contributed by atoms with E-state index in [-0.39, 0.29) is 18.1 Å². The van der Waals surface area contributed by atoms with Crippen LogP contribution in [-0.2, 0) is 14.8 Å². The van der Waals surface area contributed by atoms with Gasteiger partial charge in [0.25, 0.3) is 0 Å². The molecule has 1 aliphatic heterocycles. The van der Waals surface area contributed by atoms with Crippen LogP contribution in [0.15, 0.2) is 12.1 Å². The molecule has 1 aromatic carbocycles. The Labute approximate surface area is 143 Å². The number of nitrogens with zero attached hydrogens (tertiary/aromatic N) is 1. The molecule has 1 aromatic rings. The Morgan fingerprint density at radius 2 is 1.87 bits per heavy atom. The summed E-state index contributed by atoms with van der Waals surface area (Å²) in [6.45, 7) is 4.91. The lowest BCUT2D eigenvalue weighted by molar-refractivity contribution is -0.115. The number of hydrogen-bond acceptors (Lipinski definition) is 3. The molecule has 128 valence electrons. The molecule has 1 heterocycles. The van der Waals surface area contributed by atoms with E-state index < -0.39 is 10.0 Å². The van der Waals surface area contributed by atoms with Crippen molar-refractivity contribution >= 4 is 33.2 Å². The molecule has 1 saturated heterocycles. The summed E-state index contributed by atoms with van der Waals surface area (Å²) in [5.41, 5.74) is 2.43. The van der Waals surface area contributed by atoms with E-state index in [4.69, 9.17) is 11.6 Å². The minimum atomic E-state index is -3.36. The van der Waals surface area contributed by atoms with E-state index in [2.05, 4.69) is 5.32 Å². The van der Waals surface area contributed by atoms with Gasteiger partial charge >= 0.3 is 0 Å². The Morgan fingerprint density at radius 3 is 2.48 bits per heavy atom. The van der Waals surface area contributed by atoms with Gasteiger partial charge < -0.3 is 5.32 Å². The van der Waals surface area contributed by atoms with Crippen LogP contribution in [0.4, 0.5) is 5.69 Å². The first kappa shape index (κ1) is 18.2. The Hall–Kier alpha value is -1.11. The molecule has 0 radical (unpaired) electrons. The van der Waals surface area contributed by atoms with Gasteiger partial charge in [-0.05, 0) is 43.9 Å². The molecule has 1 aliphatic rings. The molecule has 0 aromatic heterocycles. The van der Waals surface area contributed by atoms with E-state index in [1.165, 1.54) is 4.31 Å². The van der Waals surface area contributed by atoms with Crippen molar-refractivity contribution < 1.29 is 13.2 Å². The number of carbonyl (C=O) groups excluding carboxylic acids is 1. The molecule has 0 unspecified atom stereocenters. The third-order valence-corrected chi connectivity index (χ3v) is 6.16. The van der Waals surface area contributed by atoms with Gasteiger partial charge in [0, 0.05) is 19.5 Å². The van der Waals surface area contributed by atoms with E-state index in [0.29, 0.717) is 23.8 Å². The Kier molecular flexibility index (Phi) is 6.06. The van der Waals surface area contributed by atoms with Crippen molar-refractivity contribution in [2.75, 3.05) is 24.2 Å². The van der Waals surface area contributed by atoms with Gasteiger partial charge in [-0.2, -0.15) is 0 Å². The highest BCUT2D eigenvalue weighted by atomic mass is 35.5. The number of nitrogens with one attached hydrogen (secondary N) is 1. The molecule has 0 atom stereocenters. The molecule has 2 rings (SSSR count). The summed E-state index contributed by atoms with van der Waals surface area (Å²) in [6, 6.07) is 3.70. The van der Waals surface area contributed by atoms with Gasteiger partial charge in [0.15, 0.2) is 0 Å². The zero-order valence-corrected chi connectivity index (χ0v) is 15.1. The maximum absolute atomic E-state index is 12.2. The normalized spacial score (nSPS) is 16.3. The molecule has 7 heteroatoms. The smallest absolute Gasteiger partial charge is 0.225 e. The maximum atomic E-state index is 12.2. The maximum Gasteiger partial charge on any atom is 0.225 e. The summed E-state index contributed by atoms with van der Waals surface area (Å²) in [5.74, 6) is -0.499. The number of rotatable bonds is 5. The highest BCUT2D eigenvalue weighted by Crippen LogP contribution is 2.27. The van der Waals surface area contributed by atoms with Crippen molar-refractivity contribution in [1.82, 2.24) is 4.31 Å². The first-order valence-electron chi connectivity index (χ1n) is 7.84. The van der Waals surface area contributed by atoms with Crippen LogP contribution in [-0.4, -0.2) is 37.5 Å². The van der Waals surface area contributed by atoms with Crippen LogP contribution in [0.3, 0.4) is 0 Å².